The van der Waals surface area contributed by atoms with Gasteiger partial charge in [-0.2, -0.15) is 0 Å². The summed E-state index contributed by atoms with van der Waals surface area (Å²) in [6.45, 7) is 6.26. The van der Waals surface area contributed by atoms with E-state index in [2.05, 4.69) is 22.4 Å². The minimum absolute atomic E-state index is 0.464. The number of rotatable bonds is 3. The Labute approximate surface area is 108 Å². The van der Waals surface area contributed by atoms with Crippen molar-refractivity contribution in [1.29, 1.82) is 0 Å². The van der Waals surface area contributed by atoms with Crippen molar-refractivity contribution in [3.05, 3.63) is 16.3 Å². The van der Waals surface area contributed by atoms with Crippen molar-refractivity contribution in [2.24, 2.45) is 5.92 Å². The summed E-state index contributed by atoms with van der Waals surface area (Å²) in [5, 5.41) is 12.1. The molecule has 0 saturated heterocycles. The van der Waals surface area contributed by atoms with E-state index in [1.54, 1.807) is 0 Å². The van der Waals surface area contributed by atoms with Gasteiger partial charge in [0, 0.05) is 6.04 Å². The maximum atomic E-state index is 5.95. The monoisotopic (exact) mass is 253 g/mol. The molecule has 0 bridgehead atoms. The standard InChI is InChI=1S/C13H20ClN3/c1-8-9(2)13(17-16-12(8)14)15-10(3)11-6-4-5-7-11/h10-11H,4-7H2,1-3H3,(H,15,17). The van der Waals surface area contributed by atoms with E-state index in [-0.39, 0.29) is 0 Å². The maximum Gasteiger partial charge on any atom is 0.155 e. The molecular weight excluding hydrogens is 234 g/mol. The quantitative estimate of drug-likeness (QED) is 0.892. The summed E-state index contributed by atoms with van der Waals surface area (Å²) < 4.78 is 0. The molecule has 0 aromatic carbocycles. The number of nitrogens with one attached hydrogen (secondary N) is 1. The van der Waals surface area contributed by atoms with E-state index in [1.807, 2.05) is 13.8 Å². The molecule has 1 fully saturated rings. The van der Waals surface area contributed by atoms with Gasteiger partial charge in [0.1, 0.15) is 0 Å². The van der Waals surface area contributed by atoms with Gasteiger partial charge in [-0.1, -0.05) is 24.4 Å². The molecule has 1 aliphatic rings. The zero-order chi connectivity index (χ0) is 12.4. The Morgan fingerprint density at radius 1 is 1.18 bits per heavy atom. The van der Waals surface area contributed by atoms with Crippen molar-refractivity contribution < 1.29 is 0 Å². The SMILES string of the molecule is Cc1c(Cl)nnc(NC(C)C2CCCC2)c1C. The van der Waals surface area contributed by atoms with E-state index < -0.39 is 0 Å². The van der Waals surface area contributed by atoms with E-state index in [9.17, 15) is 0 Å². The van der Waals surface area contributed by atoms with E-state index in [0.717, 1.165) is 22.9 Å². The predicted octanol–water partition coefficient (Wildman–Crippen LogP) is 3.74. The maximum absolute atomic E-state index is 5.95. The van der Waals surface area contributed by atoms with E-state index >= 15 is 0 Å². The van der Waals surface area contributed by atoms with Crippen LogP contribution in [0.1, 0.15) is 43.7 Å². The highest BCUT2D eigenvalue weighted by molar-refractivity contribution is 6.30. The Morgan fingerprint density at radius 2 is 1.82 bits per heavy atom. The number of aromatic nitrogens is 2. The van der Waals surface area contributed by atoms with E-state index in [1.165, 1.54) is 25.7 Å². The third-order valence-electron chi connectivity index (χ3n) is 3.94. The number of hydrogen-bond acceptors (Lipinski definition) is 3. The number of anilines is 1. The molecule has 1 aromatic rings. The molecule has 1 saturated carbocycles. The highest BCUT2D eigenvalue weighted by Crippen LogP contribution is 2.30. The van der Waals surface area contributed by atoms with Gasteiger partial charge in [0.25, 0.3) is 0 Å². The predicted molar refractivity (Wildman–Crippen MR) is 71.6 cm³/mol. The first kappa shape index (κ1) is 12.6. The second-order valence-electron chi connectivity index (χ2n) is 5.07. The lowest BCUT2D eigenvalue weighted by molar-refractivity contribution is 0.480. The van der Waals surface area contributed by atoms with Crippen molar-refractivity contribution in [2.45, 2.75) is 52.5 Å². The Morgan fingerprint density at radius 3 is 2.47 bits per heavy atom. The van der Waals surface area contributed by atoms with Crippen molar-refractivity contribution in [2.75, 3.05) is 5.32 Å². The van der Waals surface area contributed by atoms with Crippen LogP contribution in [0.25, 0.3) is 0 Å². The first-order valence-electron chi connectivity index (χ1n) is 6.35. The number of nitrogens with zero attached hydrogens (tertiary/aromatic N) is 2. The van der Waals surface area contributed by atoms with Crippen LogP contribution < -0.4 is 5.32 Å². The summed E-state index contributed by atoms with van der Waals surface area (Å²) in [7, 11) is 0. The molecule has 1 N–H and O–H groups in total. The van der Waals surface area contributed by atoms with Crippen LogP contribution in [-0.4, -0.2) is 16.2 Å². The number of halogens is 1. The third-order valence-corrected chi connectivity index (χ3v) is 4.30. The minimum Gasteiger partial charge on any atom is -0.366 e. The van der Waals surface area contributed by atoms with Crippen LogP contribution in [0.15, 0.2) is 0 Å². The van der Waals surface area contributed by atoms with Gasteiger partial charge in [-0.25, -0.2) is 0 Å². The molecule has 0 radical (unpaired) electrons. The van der Waals surface area contributed by atoms with Crippen LogP contribution >= 0.6 is 11.6 Å². The van der Waals surface area contributed by atoms with Crippen molar-refractivity contribution in [3.63, 3.8) is 0 Å². The Balaban J connectivity index is 2.10. The highest BCUT2D eigenvalue weighted by Gasteiger charge is 2.22. The summed E-state index contributed by atoms with van der Waals surface area (Å²) in [6.07, 6.45) is 5.38. The van der Waals surface area contributed by atoms with Crippen molar-refractivity contribution >= 4 is 17.4 Å². The van der Waals surface area contributed by atoms with Gasteiger partial charge in [0.2, 0.25) is 0 Å². The first-order valence-corrected chi connectivity index (χ1v) is 6.73. The molecule has 0 spiro atoms. The zero-order valence-corrected chi connectivity index (χ0v) is 11.5. The lowest BCUT2D eigenvalue weighted by Gasteiger charge is -2.22. The molecule has 0 amide bonds. The van der Waals surface area contributed by atoms with Crippen LogP contribution in [-0.2, 0) is 0 Å². The minimum atomic E-state index is 0.464. The van der Waals surface area contributed by atoms with Gasteiger partial charge in [-0.3, -0.25) is 0 Å². The lowest BCUT2D eigenvalue weighted by Crippen LogP contribution is -2.25. The third kappa shape index (κ3) is 2.71. The summed E-state index contributed by atoms with van der Waals surface area (Å²) in [4.78, 5) is 0. The average Bonchev–Trinajstić information content (AvgIpc) is 2.83. The first-order chi connectivity index (χ1) is 8.09. The molecular formula is C13H20ClN3. The van der Waals surface area contributed by atoms with Gasteiger partial charge in [0.05, 0.1) is 0 Å². The van der Waals surface area contributed by atoms with Crippen LogP contribution in [0.3, 0.4) is 0 Å². The van der Waals surface area contributed by atoms with Crippen molar-refractivity contribution in [1.82, 2.24) is 10.2 Å². The average molecular weight is 254 g/mol. The molecule has 1 aromatic heterocycles. The zero-order valence-electron chi connectivity index (χ0n) is 10.8. The molecule has 1 aliphatic carbocycles. The lowest BCUT2D eigenvalue weighted by atomic mass is 9.99. The fraction of sp³-hybridized carbons (Fsp3) is 0.692. The van der Waals surface area contributed by atoms with Crippen LogP contribution in [0.4, 0.5) is 5.82 Å². The van der Waals surface area contributed by atoms with Gasteiger partial charge >= 0.3 is 0 Å². The van der Waals surface area contributed by atoms with E-state index in [0.29, 0.717) is 11.2 Å². The fourth-order valence-corrected chi connectivity index (χ4v) is 2.68. The van der Waals surface area contributed by atoms with E-state index in [4.69, 9.17) is 11.6 Å². The smallest absolute Gasteiger partial charge is 0.155 e. The summed E-state index contributed by atoms with van der Waals surface area (Å²) in [6, 6.07) is 0.464. The molecule has 1 unspecified atom stereocenters. The topological polar surface area (TPSA) is 37.8 Å². The molecule has 1 heterocycles. The second-order valence-corrected chi connectivity index (χ2v) is 5.42. The Kier molecular flexibility index (Phi) is 3.87. The van der Waals surface area contributed by atoms with Crippen LogP contribution in [0, 0.1) is 19.8 Å². The molecule has 17 heavy (non-hydrogen) atoms. The highest BCUT2D eigenvalue weighted by atomic mass is 35.5. The summed E-state index contributed by atoms with van der Waals surface area (Å²) in [5.74, 6) is 1.65. The van der Waals surface area contributed by atoms with Gasteiger partial charge < -0.3 is 5.32 Å². The molecule has 3 nitrogen and oxygen atoms in total. The normalized spacial score (nSPS) is 18.4. The number of hydrogen-bond donors (Lipinski definition) is 1. The van der Waals surface area contributed by atoms with Gasteiger partial charge in [0.15, 0.2) is 11.0 Å². The molecule has 2 rings (SSSR count). The fourth-order valence-electron chi connectivity index (χ4n) is 2.50. The summed E-state index contributed by atoms with van der Waals surface area (Å²) >= 11 is 5.95. The molecule has 1 atom stereocenters. The van der Waals surface area contributed by atoms with Crippen LogP contribution in [0.2, 0.25) is 5.15 Å². The molecule has 4 heteroatoms. The Hall–Kier alpha value is -0.830. The van der Waals surface area contributed by atoms with Crippen molar-refractivity contribution in [3.8, 4) is 0 Å². The van der Waals surface area contributed by atoms with Gasteiger partial charge in [-0.15, -0.1) is 10.2 Å². The molecule has 94 valence electrons. The van der Waals surface area contributed by atoms with Gasteiger partial charge in [-0.05, 0) is 50.7 Å². The largest absolute Gasteiger partial charge is 0.366 e. The summed E-state index contributed by atoms with van der Waals surface area (Å²) in [5.41, 5.74) is 2.12. The second kappa shape index (κ2) is 5.21. The molecule has 0 aliphatic heterocycles. The Bertz CT molecular complexity index is 400. The van der Waals surface area contributed by atoms with Crippen LogP contribution in [0.5, 0.6) is 0 Å².